The minimum absolute atomic E-state index is 0.0543. The first-order valence-corrected chi connectivity index (χ1v) is 8.05. The maximum absolute atomic E-state index is 11.3. The van der Waals surface area contributed by atoms with E-state index in [1.807, 2.05) is 32.5 Å². The van der Waals surface area contributed by atoms with Gasteiger partial charge in [0.15, 0.2) is 5.69 Å². The fraction of sp³-hybridized carbons (Fsp3) is 0.643. The van der Waals surface area contributed by atoms with Gasteiger partial charge in [-0.05, 0) is 24.9 Å². The summed E-state index contributed by atoms with van der Waals surface area (Å²) in [6.07, 6.45) is 2.55. The third-order valence-corrected chi connectivity index (χ3v) is 3.76. The Balaban J connectivity index is 2.81. The van der Waals surface area contributed by atoms with Crippen molar-refractivity contribution in [3.63, 3.8) is 0 Å². The fourth-order valence-electron chi connectivity index (χ4n) is 1.68. The van der Waals surface area contributed by atoms with Gasteiger partial charge in [0, 0.05) is 12.0 Å². The average Bonchev–Trinajstić information content (AvgIpc) is 2.38. The highest BCUT2D eigenvalue weighted by atomic mass is 32.2. The Hall–Kier alpha value is -1.30. The number of aromatic carboxylic acids is 1. The second kappa shape index (κ2) is 8.09. The van der Waals surface area contributed by atoms with E-state index in [1.165, 1.54) is 0 Å². The Labute approximate surface area is 124 Å². The first-order chi connectivity index (χ1) is 9.45. The van der Waals surface area contributed by atoms with E-state index in [0.717, 1.165) is 17.9 Å². The molecular formula is C14H23N3O2S. The molecule has 1 aromatic heterocycles. The molecule has 2 N–H and O–H groups in total. The number of nitrogens with zero attached hydrogens (tertiary/aromatic N) is 2. The van der Waals surface area contributed by atoms with Crippen molar-refractivity contribution in [2.45, 2.75) is 46.1 Å². The van der Waals surface area contributed by atoms with Crippen LogP contribution in [0.3, 0.4) is 0 Å². The van der Waals surface area contributed by atoms with Gasteiger partial charge in [-0.3, -0.25) is 0 Å². The fourth-order valence-corrected chi connectivity index (χ4v) is 2.49. The van der Waals surface area contributed by atoms with Crippen molar-refractivity contribution in [3.8, 4) is 0 Å². The SMILES string of the molecule is CCSCCC(C)Nc1cnc(C(C)C)nc1C(=O)O. The van der Waals surface area contributed by atoms with Crippen molar-refractivity contribution in [2.75, 3.05) is 16.8 Å². The van der Waals surface area contributed by atoms with Crippen LogP contribution in [0.15, 0.2) is 6.20 Å². The maximum atomic E-state index is 11.3. The molecule has 0 aliphatic carbocycles. The van der Waals surface area contributed by atoms with Crippen LogP contribution in [0.2, 0.25) is 0 Å². The summed E-state index contributed by atoms with van der Waals surface area (Å²) in [5, 5.41) is 12.5. The zero-order valence-corrected chi connectivity index (χ0v) is 13.3. The number of rotatable bonds is 8. The second-order valence-corrected chi connectivity index (χ2v) is 6.38. The topological polar surface area (TPSA) is 75.1 Å². The Morgan fingerprint density at radius 2 is 2.15 bits per heavy atom. The van der Waals surface area contributed by atoms with Crippen molar-refractivity contribution in [3.05, 3.63) is 17.7 Å². The molecule has 0 fully saturated rings. The van der Waals surface area contributed by atoms with E-state index in [9.17, 15) is 9.90 Å². The zero-order valence-electron chi connectivity index (χ0n) is 12.5. The molecule has 0 saturated carbocycles. The molecule has 0 radical (unpaired) electrons. The molecule has 112 valence electrons. The van der Waals surface area contributed by atoms with Crippen molar-refractivity contribution < 1.29 is 9.90 Å². The van der Waals surface area contributed by atoms with E-state index in [2.05, 4.69) is 22.2 Å². The largest absolute Gasteiger partial charge is 0.476 e. The van der Waals surface area contributed by atoms with Gasteiger partial charge in [-0.25, -0.2) is 14.8 Å². The highest BCUT2D eigenvalue weighted by Gasteiger charge is 2.16. The summed E-state index contributed by atoms with van der Waals surface area (Å²) in [4.78, 5) is 19.7. The molecule has 0 aromatic carbocycles. The molecule has 1 atom stereocenters. The number of carboxylic acid groups (broad SMARTS) is 1. The highest BCUT2D eigenvalue weighted by Crippen LogP contribution is 2.18. The van der Waals surface area contributed by atoms with Crippen LogP contribution < -0.4 is 5.32 Å². The molecule has 5 nitrogen and oxygen atoms in total. The zero-order chi connectivity index (χ0) is 15.1. The van der Waals surface area contributed by atoms with Crippen LogP contribution in [0.4, 0.5) is 5.69 Å². The second-order valence-electron chi connectivity index (χ2n) is 4.98. The Bertz CT molecular complexity index is 452. The van der Waals surface area contributed by atoms with Crippen molar-refractivity contribution in [1.82, 2.24) is 9.97 Å². The molecule has 1 heterocycles. The summed E-state index contributed by atoms with van der Waals surface area (Å²) in [6.45, 7) is 8.05. The van der Waals surface area contributed by atoms with Crippen LogP contribution in [-0.2, 0) is 0 Å². The number of hydrogen-bond acceptors (Lipinski definition) is 5. The molecule has 1 rings (SSSR count). The minimum atomic E-state index is -1.02. The maximum Gasteiger partial charge on any atom is 0.356 e. The van der Waals surface area contributed by atoms with Gasteiger partial charge in [-0.15, -0.1) is 0 Å². The number of nitrogens with one attached hydrogen (secondary N) is 1. The molecule has 0 aliphatic heterocycles. The van der Waals surface area contributed by atoms with Gasteiger partial charge in [0.05, 0.1) is 11.9 Å². The van der Waals surface area contributed by atoms with Crippen molar-refractivity contribution in [1.29, 1.82) is 0 Å². The lowest BCUT2D eigenvalue weighted by atomic mass is 10.2. The molecule has 0 amide bonds. The standard InChI is InChI=1S/C14H23N3O2S/c1-5-20-7-6-10(4)16-11-8-15-13(9(2)3)17-12(11)14(18)19/h8-10,16H,5-7H2,1-4H3,(H,18,19). The highest BCUT2D eigenvalue weighted by molar-refractivity contribution is 7.99. The molecule has 0 aliphatic rings. The average molecular weight is 297 g/mol. The lowest BCUT2D eigenvalue weighted by Gasteiger charge is -2.16. The predicted molar refractivity (Wildman–Crippen MR) is 83.8 cm³/mol. The molecule has 6 heteroatoms. The van der Waals surface area contributed by atoms with Crippen LogP contribution in [0.1, 0.15) is 56.3 Å². The lowest BCUT2D eigenvalue weighted by Crippen LogP contribution is -2.20. The van der Waals surface area contributed by atoms with E-state index in [0.29, 0.717) is 11.5 Å². The first kappa shape index (κ1) is 16.8. The van der Waals surface area contributed by atoms with Gasteiger partial charge in [0.1, 0.15) is 5.82 Å². The van der Waals surface area contributed by atoms with E-state index in [-0.39, 0.29) is 17.7 Å². The summed E-state index contributed by atoms with van der Waals surface area (Å²) < 4.78 is 0. The van der Waals surface area contributed by atoms with Gasteiger partial charge in [-0.2, -0.15) is 11.8 Å². The Morgan fingerprint density at radius 1 is 1.45 bits per heavy atom. The smallest absolute Gasteiger partial charge is 0.356 e. The van der Waals surface area contributed by atoms with Crippen LogP contribution >= 0.6 is 11.8 Å². The summed E-state index contributed by atoms with van der Waals surface area (Å²) in [5.74, 6) is 1.80. The predicted octanol–water partition coefficient (Wildman–Crippen LogP) is 3.24. The summed E-state index contributed by atoms with van der Waals surface area (Å²) in [5.41, 5.74) is 0.551. The molecule has 20 heavy (non-hydrogen) atoms. The summed E-state index contributed by atoms with van der Waals surface area (Å²) in [6, 6.07) is 0.195. The van der Waals surface area contributed by atoms with Gasteiger partial charge in [0.25, 0.3) is 0 Å². The van der Waals surface area contributed by atoms with Gasteiger partial charge < -0.3 is 10.4 Å². The third-order valence-electron chi connectivity index (χ3n) is 2.83. The lowest BCUT2D eigenvalue weighted by molar-refractivity contribution is 0.0691. The molecular weight excluding hydrogens is 274 g/mol. The Morgan fingerprint density at radius 3 is 2.70 bits per heavy atom. The summed E-state index contributed by atoms with van der Waals surface area (Å²) in [7, 11) is 0. The number of carboxylic acids is 1. The van der Waals surface area contributed by atoms with Gasteiger partial charge in [0.2, 0.25) is 0 Å². The van der Waals surface area contributed by atoms with Crippen LogP contribution in [0.5, 0.6) is 0 Å². The van der Waals surface area contributed by atoms with Gasteiger partial charge >= 0.3 is 5.97 Å². The van der Waals surface area contributed by atoms with Crippen LogP contribution in [0, 0.1) is 0 Å². The summed E-state index contributed by atoms with van der Waals surface area (Å²) >= 11 is 1.88. The van der Waals surface area contributed by atoms with Crippen molar-refractivity contribution in [2.24, 2.45) is 0 Å². The molecule has 0 bridgehead atoms. The molecule has 0 saturated heterocycles. The van der Waals surface area contributed by atoms with E-state index < -0.39 is 5.97 Å². The normalized spacial score (nSPS) is 12.4. The number of aromatic nitrogens is 2. The van der Waals surface area contributed by atoms with Gasteiger partial charge in [-0.1, -0.05) is 20.8 Å². The number of thioether (sulfide) groups is 1. The number of carbonyl (C=O) groups is 1. The third kappa shape index (κ3) is 5.00. The first-order valence-electron chi connectivity index (χ1n) is 6.90. The monoisotopic (exact) mass is 297 g/mol. The molecule has 1 aromatic rings. The van der Waals surface area contributed by atoms with Crippen molar-refractivity contribution >= 4 is 23.4 Å². The Kier molecular flexibility index (Phi) is 6.78. The van der Waals surface area contributed by atoms with Crippen LogP contribution in [-0.4, -0.2) is 38.6 Å². The molecule has 0 spiro atoms. The molecule has 1 unspecified atom stereocenters. The quantitative estimate of drug-likeness (QED) is 0.717. The number of hydrogen-bond donors (Lipinski definition) is 2. The number of anilines is 1. The van der Waals surface area contributed by atoms with Crippen LogP contribution in [0.25, 0.3) is 0 Å². The van der Waals surface area contributed by atoms with E-state index >= 15 is 0 Å². The van der Waals surface area contributed by atoms with E-state index in [1.54, 1.807) is 6.20 Å². The minimum Gasteiger partial charge on any atom is -0.476 e. The van der Waals surface area contributed by atoms with E-state index in [4.69, 9.17) is 0 Å².